The number of rotatable bonds is 4. The normalized spacial score (nSPS) is 11.6. The second-order valence-electron chi connectivity index (χ2n) is 5.69. The molecule has 0 aliphatic carbocycles. The average molecular weight is 334 g/mol. The molecular weight excluding hydrogens is 316 g/mol. The van der Waals surface area contributed by atoms with Crippen molar-refractivity contribution in [1.82, 2.24) is 4.57 Å². The Bertz CT molecular complexity index is 1060. The zero-order chi connectivity index (χ0) is 18.0. The molecule has 0 aliphatic heterocycles. The van der Waals surface area contributed by atoms with Gasteiger partial charge in [-0.05, 0) is 42.6 Å². The van der Waals surface area contributed by atoms with Gasteiger partial charge in [-0.25, -0.2) is 4.79 Å². The molecule has 1 heterocycles. The molecule has 0 radical (unpaired) electrons. The van der Waals surface area contributed by atoms with Crippen LogP contribution >= 0.6 is 0 Å². The van der Waals surface area contributed by atoms with Crippen LogP contribution in [0.3, 0.4) is 0 Å². The number of aromatic nitrogens is 1. The second-order valence-corrected chi connectivity index (χ2v) is 5.69. The summed E-state index contributed by atoms with van der Waals surface area (Å²) in [7, 11) is 2.02. The van der Waals surface area contributed by atoms with Gasteiger partial charge in [-0.1, -0.05) is 35.4 Å². The van der Waals surface area contributed by atoms with Crippen LogP contribution in [0.25, 0.3) is 38.3 Å². The van der Waals surface area contributed by atoms with E-state index in [2.05, 4.69) is 26.7 Å². The number of fused-ring (bicyclic) bond motifs is 3. The Morgan fingerprint density at radius 1 is 1.28 bits per heavy atom. The second kappa shape index (κ2) is 6.71. The van der Waals surface area contributed by atoms with Gasteiger partial charge in [-0.2, -0.15) is 0 Å². The number of aryl methyl sites for hydroxylation is 2. The van der Waals surface area contributed by atoms with E-state index in [0.717, 1.165) is 27.5 Å². The number of ether oxygens (including phenoxy) is 1. The summed E-state index contributed by atoms with van der Waals surface area (Å²) in [6.07, 6.45) is 1.57. The molecule has 0 aliphatic rings. The van der Waals surface area contributed by atoms with Crippen molar-refractivity contribution in [2.75, 3.05) is 6.61 Å². The third-order valence-corrected chi connectivity index (χ3v) is 4.29. The summed E-state index contributed by atoms with van der Waals surface area (Å²) in [6, 6.07) is 12.2. The quantitative estimate of drug-likeness (QED) is 0.225. The van der Waals surface area contributed by atoms with Crippen LogP contribution in [0.5, 0.6) is 0 Å². The maximum atomic E-state index is 12.0. The first-order valence-electron chi connectivity index (χ1n) is 7.99. The van der Waals surface area contributed by atoms with E-state index in [9.17, 15) is 4.79 Å². The van der Waals surface area contributed by atoms with Crippen LogP contribution in [-0.2, 0) is 16.6 Å². The topological polar surface area (TPSA) is 80.0 Å². The van der Waals surface area contributed by atoms with Crippen LogP contribution in [0.4, 0.5) is 0 Å². The van der Waals surface area contributed by atoms with Gasteiger partial charge in [0, 0.05) is 28.2 Å². The molecule has 0 N–H and O–H groups in total. The first kappa shape index (κ1) is 16.6. The summed E-state index contributed by atoms with van der Waals surface area (Å²) in [5, 5.41) is 5.81. The third-order valence-electron chi connectivity index (χ3n) is 4.29. The Kier molecular flexibility index (Phi) is 4.46. The molecule has 0 fully saturated rings. The van der Waals surface area contributed by atoms with Gasteiger partial charge in [0.05, 0.1) is 12.1 Å². The van der Waals surface area contributed by atoms with Gasteiger partial charge in [0.15, 0.2) is 0 Å². The van der Waals surface area contributed by atoms with Crippen LogP contribution in [-0.4, -0.2) is 17.1 Å². The van der Waals surface area contributed by atoms with E-state index in [1.807, 2.05) is 38.2 Å². The fourth-order valence-electron chi connectivity index (χ4n) is 3.17. The van der Waals surface area contributed by atoms with Gasteiger partial charge in [-0.15, -0.1) is 0 Å². The summed E-state index contributed by atoms with van der Waals surface area (Å²) >= 11 is 0. The number of azide groups is 1. The van der Waals surface area contributed by atoms with Crippen LogP contribution in [0.1, 0.15) is 18.1 Å². The van der Waals surface area contributed by atoms with Gasteiger partial charge in [0.25, 0.3) is 0 Å². The van der Waals surface area contributed by atoms with Crippen molar-refractivity contribution < 1.29 is 9.53 Å². The van der Waals surface area contributed by atoms with Crippen molar-refractivity contribution in [3.63, 3.8) is 0 Å². The lowest BCUT2D eigenvalue weighted by atomic mass is 10.0. The van der Waals surface area contributed by atoms with Crippen molar-refractivity contribution in [3.8, 4) is 0 Å². The third kappa shape index (κ3) is 2.84. The molecule has 0 atom stereocenters. The van der Waals surface area contributed by atoms with Crippen molar-refractivity contribution in [2.45, 2.75) is 13.8 Å². The highest BCUT2D eigenvalue weighted by Crippen LogP contribution is 2.32. The molecule has 0 spiro atoms. The molecule has 2 aromatic carbocycles. The smallest absolute Gasteiger partial charge is 0.340 e. The standard InChI is InChI=1S/C19H18N4O2/c1-4-25-19(24)16(21-22-20)11-13-9-10-15-14-7-5-6-8-17(14)23(3)18(15)12(13)2/h5-11H,4H2,1-3H3/b16-11+. The lowest BCUT2D eigenvalue weighted by molar-refractivity contribution is -0.138. The zero-order valence-corrected chi connectivity index (χ0v) is 14.4. The Morgan fingerprint density at radius 2 is 2.04 bits per heavy atom. The van der Waals surface area contributed by atoms with Crippen LogP contribution in [0, 0.1) is 6.92 Å². The zero-order valence-electron chi connectivity index (χ0n) is 14.4. The summed E-state index contributed by atoms with van der Waals surface area (Å²) < 4.78 is 7.08. The molecule has 1 aromatic heterocycles. The van der Waals surface area contributed by atoms with Gasteiger partial charge in [0.2, 0.25) is 0 Å². The fraction of sp³-hybridized carbons (Fsp3) is 0.211. The van der Waals surface area contributed by atoms with E-state index in [1.165, 1.54) is 5.39 Å². The average Bonchev–Trinajstić information content (AvgIpc) is 2.90. The number of para-hydroxylation sites is 1. The van der Waals surface area contributed by atoms with Crippen molar-refractivity contribution >= 4 is 33.9 Å². The Hall–Kier alpha value is -3.24. The summed E-state index contributed by atoms with van der Waals surface area (Å²) in [6.45, 7) is 3.92. The number of nitrogens with zero attached hydrogens (tertiary/aromatic N) is 4. The molecule has 3 rings (SSSR count). The lowest BCUT2D eigenvalue weighted by Crippen LogP contribution is -2.05. The Balaban J connectivity index is 2.24. The molecule has 3 aromatic rings. The van der Waals surface area contributed by atoms with Crippen molar-refractivity contribution in [2.24, 2.45) is 12.2 Å². The maximum Gasteiger partial charge on any atom is 0.340 e. The molecule has 0 amide bonds. The SMILES string of the molecule is CCOC(=O)/C(=C\c1ccc2c3ccccc3n(C)c2c1C)N=[N+]=[N-]. The van der Waals surface area contributed by atoms with Crippen LogP contribution in [0.15, 0.2) is 47.2 Å². The predicted octanol–water partition coefficient (Wildman–Crippen LogP) is 4.85. The van der Waals surface area contributed by atoms with Gasteiger partial charge >= 0.3 is 5.97 Å². The molecule has 0 bridgehead atoms. The van der Waals surface area contributed by atoms with E-state index >= 15 is 0 Å². The van der Waals surface area contributed by atoms with Crippen molar-refractivity contribution in [3.05, 3.63) is 63.7 Å². The van der Waals surface area contributed by atoms with Gasteiger partial charge < -0.3 is 9.30 Å². The highest BCUT2D eigenvalue weighted by molar-refractivity contribution is 6.10. The number of hydrogen-bond acceptors (Lipinski definition) is 3. The Morgan fingerprint density at radius 3 is 2.76 bits per heavy atom. The molecule has 6 nitrogen and oxygen atoms in total. The van der Waals surface area contributed by atoms with Gasteiger partial charge in [0.1, 0.15) is 5.70 Å². The molecule has 0 saturated carbocycles. The first-order chi connectivity index (χ1) is 12.1. The minimum absolute atomic E-state index is 0.0504. The maximum absolute atomic E-state index is 12.0. The van der Waals surface area contributed by atoms with Gasteiger partial charge in [-0.3, -0.25) is 0 Å². The van der Waals surface area contributed by atoms with E-state index in [1.54, 1.807) is 13.0 Å². The summed E-state index contributed by atoms with van der Waals surface area (Å²) in [4.78, 5) is 14.7. The van der Waals surface area contributed by atoms with Crippen LogP contribution in [0.2, 0.25) is 0 Å². The molecule has 25 heavy (non-hydrogen) atoms. The monoisotopic (exact) mass is 334 g/mol. The highest BCUT2D eigenvalue weighted by Gasteiger charge is 2.14. The number of hydrogen-bond donors (Lipinski definition) is 0. The number of carbonyl (C=O) groups excluding carboxylic acids is 1. The van der Waals surface area contributed by atoms with E-state index in [0.29, 0.717) is 0 Å². The predicted molar refractivity (Wildman–Crippen MR) is 98.9 cm³/mol. The first-order valence-corrected chi connectivity index (χ1v) is 7.99. The molecule has 126 valence electrons. The van der Waals surface area contributed by atoms with E-state index in [4.69, 9.17) is 10.3 Å². The fourth-order valence-corrected chi connectivity index (χ4v) is 3.17. The minimum atomic E-state index is -0.628. The summed E-state index contributed by atoms with van der Waals surface area (Å²) in [5.74, 6) is -0.628. The molecule has 0 unspecified atom stereocenters. The lowest BCUT2D eigenvalue weighted by Gasteiger charge is -2.07. The molecular formula is C19H18N4O2. The van der Waals surface area contributed by atoms with Crippen LogP contribution < -0.4 is 0 Å². The molecule has 6 heteroatoms. The largest absolute Gasteiger partial charge is 0.462 e. The molecule has 0 saturated heterocycles. The van der Waals surface area contributed by atoms with Crippen molar-refractivity contribution in [1.29, 1.82) is 0 Å². The Labute approximate surface area is 144 Å². The highest BCUT2D eigenvalue weighted by atomic mass is 16.5. The number of carbonyl (C=O) groups is 1. The van der Waals surface area contributed by atoms with E-state index < -0.39 is 5.97 Å². The number of benzene rings is 2. The minimum Gasteiger partial charge on any atom is -0.462 e. The van der Waals surface area contributed by atoms with E-state index in [-0.39, 0.29) is 12.3 Å². The summed E-state index contributed by atoms with van der Waals surface area (Å²) in [5.41, 5.74) is 12.7. The number of esters is 1.